The van der Waals surface area contributed by atoms with Crippen molar-refractivity contribution >= 4 is 17.3 Å². The molecule has 1 amide bonds. The second kappa shape index (κ2) is 9.53. The molecular weight excluding hydrogens is 523 g/mol. The third kappa shape index (κ3) is 4.94. The van der Waals surface area contributed by atoms with Gasteiger partial charge in [-0.2, -0.15) is 22.0 Å². The average Bonchev–Trinajstić information content (AvgIpc) is 2.88. The first-order valence-electron chi connectivity index (χ1n) is 12.2. The number of aliphatic hydroxyl groups is 1. The number of halogens is 5. The average molecular weight is 549 g/mol. The number of amides is 1. The van der Waals surface area contributed by atoms with E-state index in [4.69, 9.17) is 4.74 Å². The van der Waals surface area contributed by atoms with Crippen LogP contribution in [0.5, 0.6) is 0 Å². The van der Waals surface area contributed by atoms with Crippen LogP contribution in [0, 0.1) is 6.92 Å². The topological polar surface area (TPSA) is 87.6 Å². The first kappa shape index (κ1) is 26.9. The maximum Gasteiger partial charge on any atom is 0.423 e. The van der Waals surface area contributed by atoms with Gasteiger partial charge in [-0.05, 0) is 48.4 Å². The molecule has 206 valence electrons. The van der Waals surface area contributed by atoms with Crippen LogP contribution >= 0.6 is 0 Å². The number of alkyl halides is 5. The molecule has 7 nitrogen and oxygen atoms in total. The Morgan fingerprint density at radius 1 is 1.15 bits per heavy atom. The van der Waals surface area contributed by atoms with E-state index in [1.54, 1.807) is 36.1 Å². The molecule has 0 saturated carbocycles. The first-order valence-corrected chi connectivity index (χ1v) is 12.2. The van der Waals surface area contributed by atoms with Gasteiger partial charge in [-0.15, -0.1) is 0 Å². The van der Waals surface area contributed by atoms with Crippen molar-refractivity contribution in [1.29, 1.82) is 0 Å². The fraction of sp³-hybridized carbons (Fsp3) is 0.370. The van der Waals surface area contributed by atoms with E-state index < -0.39 is 47.5 Å². The van der Waals surface area contributed by atoms with E-state index in [1.165, 1.54) is 12.3 Å². The quantitative estimate of drug-likeness (QED) is 0.438. The first-order chi connectivity index (χ1) is 18.3. The van der Waals surface area contributed by atoms with Crippen LogP contribution in [-0.4, -0.2) is 53.0 Å². The summed E-state index contributed by atoms with van der Waals surface area (Å²) in [4.78, 5) is 22.3. The highest BCUT2D eigenvalue weighted by molar-refractivity contribution is 6.04. The number of fused-ring (bicyclic) bond motifs is 3. The molecule has 0 aliphatic carbocycles. The molecule has 39 heavy (non-hydrogen) atoms. The summed E-state index contributed by atoms with van der Waals surface area (Å²) >= 11 is 0. The third-order valence-electron chi connectivity index (χ3n) is 7.07. The number of morpholine rings is 1. The molecule has 2 atom stereocenters. The van der Waals surface area contributed by atoms with Crippen molar-refractivity contribution in [2.45, 2.75) is 44.0 Å². The number of aryl methyl sites for hydroxylation is 1. The van der Waals surface area contributed by atoms with Crippen LogP contribution in [0.15, 0.2) is 48.8 Å². The van der Waals surface area contributed by atoms with Gasteiger partial charge < -0.3 is 20.1 Å². The summed E-state index contributed by atoms with van der Waals surface area (Å²) in [6.07, 6.45) is -3.13. The number of carbonyl (C=O) groups excluding carboxylic acids is 1. The van der Waals surface area contributed by atoms with Gasteiger partial charge in [0.15, 0.2) is 0 Å². The number of nitrogens with one attached hydrogen (secondary N) is 1. The van der Waals surface area contributed by atoms with E-state index >= 15 is 0 Å². The molecule has 3 aromatic rings. The number of rotatable bonds is 4. The van der Waals surface area contributed by atoms with Crippen LogP contribution < -0.4 is 10.2 Å². The van der Waals surface area contributed by atoms with Crippen molar-refractivity contribution in [2.24, 2.45) is 0 Å². The minimum absolute atomic E-state index is 0.0103. The van der Waals surface area contributed by atoms with Crippen molar-refractivity contribution < 1.29 is 36.6 Å². The molecule has 0 spiro atoms. The van der Waals surface area contributed by atoms with E-state index in [1.807, 2.05) is 0 Å². The lowest BCUT2D eigenvalue weighted by Gasteiger charge is -2.47. The van der Waals surface area contributed by atoms with Crippen molar-refractivity contribution in [1.82, 2.24) is 9.97 Å². The normalized spacial score (nSPS) is 21.2. The van der Waals surface area contributed by atoms with Gasteiger partial charge in [-0.1, -0.05) is 6.07 Å². The van der Waals surface area contributed by atoms with Gasteiger partial charge in [0, 0.05) is 49.1 Å². The third-order valence-corrected chi connectivity index (χ3v) is 7.07. The second-order valence-corrected chi connectivity index (χ2v) is 9.88. The fourth-order valence-corrected chi connectivity index (χ4v) is 4.99. The molecule has 4 heterocycles. The van der Waals surface area contributed by atoms with E-state index in [0.29, 0.717) is 36.9 Å². The number of pyridine rings is 2. The van der Waals surface area contributed by atoms with E-state index in [2.05, 4.69) is 15.3 Å². The summed E-state index contributed by atoms with van der Waals surface area (Å²) in [5.41, 5.74) is -1.79. The van der Waals surface area contributed by atoms with Crippen LogP contribution in [0.2, 0.25) is 0 Å². The SMILES string of the molecule is Cc1ccc(NC(=O)c2ccnc(C(C)(F)F)c2)cc1-c1cnc2c(c1)N1CCOCC1CC2(O)C(F)(F)F. The Bertz CT molecular complexity index is 1430. The van der Waals surface area contributed by atoms with Crippen LogP contribution in [-0.2, 0) is 16.3 Å². The highest BCUT2D eigenvalue weighted by Crippen LogP contribution is 2.50. The molecule has 1 fully saturated rings. The van der Waals surface area contributed by atoms with Crippen LogP contribution in [0.25, 0.3) is 11.1 Å². The zero-order valence-electron chi connectivity index (χ0n) is 21.0. The Balaban J connectivity index is 1.50. The van der Waals surface area contributed by atoms with E-state index in [9.17, 15) is 31.9 Å². The van der Waals surface area contributed by atoms with Gasteiger partial charge in [-0.3, -0.25) is 14.8 Å². The standard InChI is InChI=1S/C27H25F5N4O3/c1-15-3-4-18(35-24(37)16-5-6-33-22(10-16)25(2,28)29)11-20(15)17-9-21-23(34-13-17)26(38,27(30,31)32)12-19-14-39-8-7-36(19)21/h3-6,9-11,13,19,38H,7-8,12,14H2,1-2H3,(H,35,37). The van der Waals surface area contributed by atoms with Crippen LogP contribution in [0.3, 0.4) is 0 Å². The van der Waals surface area contributed by atoms with Crippen molar-refractivity contribution in [2.75, 3.05) is 30.0 Å². The number of nitrogens with zero attached hydrogens (tertiary/aromatic N) is 3. The van der Waals surface area contributed by atoms with Crippen molar-refractivity contribution in [3.63, 3.8) is 0 Å². The Kier molecular flexibility index (Phi) is 6.58. The molecular formula is C27H25F5N4O3. The molecule has 2 aliphatic rings. The smallest absolute Gasteiger partial charge is 0.377 e. The number of hydrogen-bond acceptors (Lipinski definition) is 6. The lowest BCUT2D eigenvalue weighted by Crippen LogP contribution is -2.58. The zero-order chi connectivity index (χ0) is 28.2. The highest BCUT2D eigenvalue weighted by Gasteiger charge is 2.61. The van der Waals surface area contributed by atoms with E-state index in [-0.39, 0.29) is 17.9 Å². The molecule has 5 rings (SSSR count). The van der Waals surface area contributed by atoms with Gasteiger partial charge in [0.2, 0.25) is 5.60 Å². The van der Waals surface area contributed by atoms with Crippen molar-refractivity contribution in [3.8, 4) is 11.1 Å². The summed E-state index contributed by atoms with van der Waals surface area (Å²) in [5, 5.41) is 13.4. The van der Waals surface area contributed by atoms with Gasteiger partial charge in [-0.25, -0.2) is 0 Å². The number of aromatic nitrogens is 2. The Hall–Kier alpha value is -3.64. The van der Waals surface area contributed by atoms with Gasteiger partial charge in [0.05, 0.1) is 24.9 Å². The monoisotopic (exact) mass is 548 g/mol. The molecule has 1 saturated heterocycles. The zero-order valence-corrected chi connectivity index (χ0v) is 21.0. The summed E-state index contributed by atoms with van der Waals surface area (Å²) in [7, 11) is 0. The lowest BCUT2D eigenvalue weighted by atomic mass is 9.83. The molecule has 12 heteroatoms. The maximum atomic E-state index is 14.0. The molecule has 1 aromatic carbocycles. The van der Waals surface area contributed by atoms with Gasteiger partial charge in [0.1, 0.15) is 11.4 Å². The molecule has 0 radical (unpaired) electrons. The largest absolute Gasteiger partial charge is 0.423 e. The van der Waals surface area contributed by atoms with Crippen molar-refractivity contribution in [3.05, 3.63) is 71.3 Å². The van der Waals surface area contributed by atoms with Crippen LogP contribution in [0.1, 0.15) is 40.7 Å². The summed E-state index contributed by atoms with van der Waals surface area (Å²) < 4.78 is 74.8. The fourth-order valence-electron chi connectivity index (χ4n) is 4.99. The number of carbonyl (C=O) groups is 1. The molecule has 0 bridgehead atoms. The second-order valence-electron chi connectivity index (χ2n) is 9.88. The minimum Gasteiger partial charge on any atom is -0.377 e. The van der Waals surface area contributed by atoms with E-state index in [0.717, 1.165) is 17.8 Å². The molecule has 2 aromatic heterocycles. The summed E-state index contributed by atoms with van der Waals surface area (Å²) in [6, 6.07) is 8.17. The summed E-state index contributed by atoms with van der Waals surface area (Å²) in [5.74, 6) is -3.85. The molecule has 2 unspecified atom stereocenters. The van der Waals surface area contributed by atoms with Crippen LogP contribution in [0.4, 0.5) is 33.3 Å². The number of hydrogen-bond donors (Lipinski definition) is 2. The van der Waals surface area contributed by atoms with Gasteiger partial charge >= 0.3 is 6.18 Å². The summed E-state index contributed by atoms with van der Waals surface area (Å²) in [6.45, 7) is 3.19. The minimum atomic E-state index is -4.94. The molecule has 2 N–H and O–H groups in total. The predicted molar refractivity (Wildman–Crippen MR) is 133 cm³/mol. The van der Waals surface area contributed by atoms with Gasteiger partial charge in [0.25, 0.3) is 11.8 Å². The number of anilines is 2. The number of benzene rings is 1. The molecule has 2 aliphatic heterocycles. The predicted octanol–water partition coefficient (Wildman–Crippen LogP) is 5.17. The Morgan fingerprint density at radius 2 is 1.92 bits per heavy atom. The maximum absolute atomic E-state index is 14.0. The highest BCUT2D eigenvalue weighted by atomic mass is 19.4. The lowest BCUT2D eigenvalue weighted by molar-refractivity contribution is -0.274. The Labute approximate surface area is 220 Å². The number of ether oxygens (including phenoxy) is 1. The Morgan fingerprint density at radius 3 is 2.64 bits per heavy atom.